The Hall–Kier alpha value is -2.70. The standard InChI is InChI=1S/C19H16F3N3O3/c1-16-6-7-17(2,28-16)18(24-3)13(16)14(26)25(15(18)27)11-5-4-10(9-23)12(8-11)19(20,21)22/h4-8,13,24H,1-3H3/t13?,16?,17?,18-/m1/s1. The Balaban J connectivity index is 1.88. The monoisotopic (exact) mass is 391 g/mol. The fourth-order valence-corrected chi connectivity index (χ4v) is 4.85. The number of nitrogens with one attached hydrogen (secondary N) is 1. The molecule has 146 valence electrons. The van der Waals surface area contributed by atoms with Crippen molar-refractivity contribution in [3.8, 4) is 6.07 Å². The first-order chi connectivity index (χ1) is 12.9. The Morgan fingerprint density at radius 2 is 1.93 bits per heavy atom. The predicted molar refractivity (Wildman–Crippen MR) is 91.0 cm³/mol. The minimum atomic E-state index is -4.80. The quantitative estimate of drug-likeness (QED) is 0.617. The van der Waals surface area contributed by atoms with Gasteiger partial charge in [-0.2, -0.15) is 18.4 Å². The first-order valence-corrected chi connectivity index (χ1v) is 8.54. The van der Waals surface area contributed by atoms with Crippen molar-refractivity contribution < 1.29 is 27.5 Å². The van der Waals surface area contributed by atoms with Crippen molar-refractivity contribution in [1.82, 2.24) is 5.32 Å². The first kappa shape index (κ1) is 18.7. The molecule has 3 aliphatic heterocycles. The van der Waals surface area contributed by atoms with E-state index in [-0.39, 0.29) is 5.69 Å². The van der Waals surface area contributed by atoms with Gasteiger partial charge in [0.15, 0.2) is 0 Å². The highest BCUT2D eigenvalue weighted by Gasteiger charge is 2.79. The van der Waals surface area contributed by atoms with Gasteiger partial charge >= 0.3 is 6.18 Å². The average Bonchev–Trinajstić information content (AvgIpc) is 3.14. The number of carbonyl (C=O) groups excluding carboxylic acids is 2. The molecule has 2 bridgehead atoms. The third kappa shape index (κ3) is 1.94. The number of anilines is 1. The van der Waals surface area contributed by atoms with E-state index in [0.29, 0.717) is 6.07 Å². The van der Waals surface area contributed by atoms with Crippen LogP contribution in [0.15, 0.2) is 30.4 Å². The number of ether oxygens (including phenoxy) is 1. The van der Waals surface area contributed by atoms with E-state index in [1.165, 1.54) is 19.2 Å². The average molecular weight is 391 g/mol. The fraction of sp³-hybridized carbons (Fsp3) is 0.421. The number of fused-ring (bicyclic) bond motifs is 5. The third-order valence-corrected chi connectivity index (χ3v) is 6.04. The van der Waals surface area contributed by atoms with Crippen LogP contribution in [0.25, 0.3) is 0 Å². The van der Waals surface area contributed by atoms with Crippen LogP contribution in [0.3, 0.4) is 0 Å². The van der Waals surface area contributed by atoms with Crippen LogP contribution in [-0.4, -0.2) is 35.6 Å². The molecule has 0 saturated carbocycles. The van der Waals surface area contributed by atoms with Crippen molar-refractivity contribution in [3.05, 3.63) is 41.5 Å². The molecule has 1 aromatic rings. The molecule has 28 heavy (non-hydrogen) atoms. The van der Waals surface area contributed by atoms with Crippen LogP contribution in [-0.2, 0) is 20.5 Å². The summed E-state index contributed by atoms with van der Waals surface area (Å²) in [6, 6.07) is 4.29. The number of nitrogens with zero attached hydrogens (tertiary/aromatic N) is 2. The number of halogens is 3. The highest BCUT2D eigenvalue weighted by molar-refractivity contribution is 6.27. The first-order valence-electron chi connectivity index (χ1n) is 8.54. The van der Waals surface area contributed by atoms with E-state index in [4.69, 9.17) is 10.00 Å². The molecule has 3 unspecified atom stereocenters. The molecule has 0 spiro atoms. The smallest absolute Gasteiger partial charge is 0.358 e. The number of nitriles is 1. The number of alkyl halides is 3. The lowest BCUT2D eigenvalue weighted by molar-refractivity contribution is -0.138. The van der Waals surface area contributed by atoms with Gasteiger partial charge in [0.1, 0.15) is 17.1 Å². The summed E-state index contributed by atoms with van der Waals surface area (Å²) in [5.74, 6) is -2.26. The largest absolute Gasteiger partial charge is 0.417 e. The van der Waals surface area contributed by atoms with E-state index in [0.717, 1.165) is 11.0 Å². The van der Waals surface area contributed by atoms with Gasteiger partial charge in [0, 0.05) is 0 Å². The highest BCUT2D eigenvalue weighted by Crippen LogP contribution is 2.59. The summed E-state index contributed by atoms with van der Waals surface area (Å²) in [4.78, 5) is 27.4. The van der Waals surface area contributed by atoms with Gasteiger partial charge in [-0.25, -0.2) is 4.90 Å². The maximum absolute atomic E-state index is 13.4. The second kappa shape index (κ2) is 5.21. The molecule has 2 saturated heterocycles. The molecule has 4 atom stereocenters. The van der Waals surface area contributed by atoms with Crippen molar-refractivity contribution in [3.63, 3.8) is 0 Å². The Bertz CT molecular complexity index is 998. The topological polar surface area (TPSA) is 82.4 Å². The zero-order chi connectivity index (χ0) is 20.7. The molecule has 0 aromatic heterocycles. The molecule has 9 heteroatoms. The summed E-state index contributed by atoms with van der Waals surface area (Å²) in [6.45, 7) is 3.34. The number of carbonyl (C=O) groups is 2. The summed E-state index contributed by atoms with van der Waals surface area (Å²) in [5, 5.41) is 11.9. The van der Waals surface area contributed by atoms with E-state index in [1.54, 1.807) is 26.0 Å². The van der Waals surface area contributed by atoms with E-state index < -0.39 is 51.8 Å². The SMILES string of the molecule is CN[C@@]12C(=O)N(c3ccc(C#N)c(C(F)(F)F)c3)C(=O)C1C1(C)C=CC2(C)O1. The Morgan fingerprint density at radius 3 is 2.46 bits per heavy atom. The zero-order valence-electron chi connectivity index (χ0n) is 15.2. The van der Waals surface area contributed by atoms with Gasteiger partial charge in [-0.3, -0.25) is 9.59 Å². The predicted octanol–water partition coefficient (Wildman–Crippen LogP) is 2.14. The van der Waals surface area contributed by atoms with E-state index in [1.807, 2.05) is 0 Å². The molecule has 1 aromatic carbocycles. The molecule has 1 N–H and O–H groups in total. The Morgan fingerprint density at radius 1 is 1.25 bits per heavy atom. The van der Waals surface area contributed by atoms with Crippen LogP contribution in [0.5, 0.6) is 0 Å². The molecule has 4 rings (SSSR count). The lowest BCUT2D eigenvalue weighted by Crippen LogP contribution is -2.65. The molecular weight excluding hydrogens is 375 g/mol. The Labute approximate surface area is 158 Å². The van der Waals surface area contributed by atoms with Gasteiger partial charge in [0.2, 0.25) is 5.91 Å². The normalized spacial score (nSPS) is 36.2. The van der Waals surface area contributed by atoms with Crippen molar-refractivity contribution in [1.29, 1.82) is 5.26 Å². The van der Waals surface area contributed by atoms with Crippen LogP contribution in [0.2, 0.25) is 0 Å². The van der Waals surface area contributed by atoms with Gasteiger partial charge in [-0.1, -0.05) is 12.2 Å². The molecular formula is C19H16F3N3O3. The lowest BCUT2D eigenvalue weighted by Gasteiger charge is -2.37. The second-order valence-corrected chi connectivity index (χ2v) is 7.54. The van der Waals surface area contributed by atoms with Crippen LogP contribution < -0.4 is 10.2 Å². The molecule has 3 heterocycles. The minimum absolute atomic E-state index is 0.225. The number of hydrogen-bond donors (Lipinski definition) is 1. The van der Waals surface area contributed by atoms with Crippen molar-refractivity contribution in [2.75, 3.05) is 11.9 Å². The summed E-state index contributed by atoms with van der Waals surface area (Å²) in [5.41, 5.74) is -5.61. The number of amides is 2. The fourth-order valence-electron chi connectivity index (χ4n) is 4.85. The van der Waals surface area contributed by atoms with Crippen molar-refractivity contribution >= 4 is 17.5 Å². The molecule has 2 fully saturated rings. The van der Waals surface area contributed by atoms with Crippen LogP contribution in [0.1, 0.15) is 25.0 Å². The van der Waals surface area contributed by atoms with E-state index in [2.05, 4.69) is 5.32 Å². The lowest BCUT2D eigenvalue weighted by atomic mass is 9.67. The molecule has 0 radical (unpaired) electrons. The molecule has 0 aliphatic carbocycles. The van der Waals surface area contributed by atoms with Crippen molar-refractivity contribution in [2.24, 2.45) is 5.92 Å². The number of imide groups is 1. The number of rotatable bonds is 2. The third-order valence-electron chi connectivity index (χ3n) is 6.04. The Kier molecular flexibility index (Phi) is 3.47. The maximum atomic E-state index is 13.4. The molecule has 2 amide bonds. The van der Waals surface area contributed by atoms with E-state index in [9.17, 15) is 22.8 Å². The highest BCUT2D eigenvalue weighted by atomic mass is 19.4. The molecule has 3 aliphatic rings. The minimum Gasteiger partial charge on any atom is -0.358 e. The van der Waals surface area contributed by atoms with E-state index >= 15 is 0 Å². The van der Waals surface area contributed by atoms with Crippen LogP contribution >= 0.6 is 0 Å². The second-order valence-electron chi connectivity index (χ2n) is 7.54. The van der Waals surface area contributed by atoms with Gasteiger partial charge < -0.3 is 10.1 Å². The van der Waals surface area contributed by atoms with Gasteiger partial charge in [0.25, 0.3) is 5.91 Å². The van der Waals surface area contributed by atoms with Crippen molar-refractivity contribution in [2.45, 2.75) is 36.8 Å². The molecule has 6 nitrogen and oxygen atoms in total. The van der Waals surface area contributed by atoms with Crippen LogP contribution in [0.4, 0.5) is 18.9 Å². The van der Waals surface area contributed by atoms with Gasteiger partial charge in [0.05, 0.1) is 28.5 Å². The number of benzene rings is 1. The summed E-state index contributed by atoms with van der Waals surface area (Å²) in [7, 11) is 1.52. The maximum Gasteiger partial charge on any atom is 0.417 e. The summed E-state index contributed by atoms with van der Waals surface area (Å²) in [6.07, 6.45) is -1.39. The summed E-state index contributed by atoms with van der Waals surface area (Å²) < 4.78 is 46.0. The number of likely N-dealkylation sites (N-methyl/N-ethyl adjacent to an activating group) is 1. The zero-order valence-corrected chi connectivity index (χ0v) is 15.2. The summed E-state index contributed by atoms with van der Waals surface area (Å²) >= 11 is 0. The van der Waals surface area contributed by atoms with Gasteiger partial charge in [-0.15, -0.1) is 0 Å². The number of hydrogen-bond acceptors (Lipinski definition) is 5. The van der Waals surface area contributed by atoms with Crippen LogP contribution in [0, 0.1) is 17.2 Å². The van der Waals surface area contributed by atoms with Gasteiger partial charge in [-0.05, 0) is 39.1 Å².